The number of halogens is 1. The lowest BCUT2D eigenvalue weighted by Gasteiger charge is -2.10. The zero-order valence-corrected chi connectivity index (χ0v) is 10.4. The summed E-state index contributed by atoms with van der Waals surface area (Å²) in [5, 5.41) is 13.0. The molecular formula is C14H17FN2O. The van der Waals surface area contributed by atoms with Gasteiger partial charge in [0.1, 0.15) is 5.82 Å². The van der Waals surface area contributed by atoms with Gasteiger partial charge in [-0.3, -0.25) is 4.98 Å². The summed E-state index contributed by atoms with van der Waals surface area (Å²) in [4.78, 5) is 4.10. The SMILES string of the molecule is CC[C@@H](O)CNCc1ccc2ncccc2c1F. The Morgan fingerprint density at radius 1 is 1.39 bits per heavy atom. The van der Waals surface area contributed by atoms with E-state index in [4.69, 9.17) is 0 Å². The highest BCUT2D eigenvalue weighted by Crippen LogP contribution is 2.18. The van der Waals surface area contributed by atoms with Crippen LogP contribution in [0.5, 0.6) is 0 Å². The van der Waals surface area contributed by atoms with E-state index in [1.54, 1.807) is 24.4 Å². The third-order valence-corrected chi connectivity index (χ3v) is 2.97. The van der Waals surface area contributed by atoms with Crippen LogP contribution in [0.4, 0.5) is 4.39 Å². The average Bonchev–Trinajstić information content (AvgIpc) is 2.41. The van der Waals surface area contributed by atoms with Crippen molar-refractivity contribution in [3.63, 3.8) is 0 Å². The molecule has 4 heteroatoms. The van der Waals surface area contributed by atoms with Crippen molar-refractivity contribution in [2.24, 2.45) is 0 Å². The van der Waals surface area contributed by atoms with Gasteiger partial charge in [-0.15, -0.1) is 0 Å². The molecule has 2 N–H and O–H groups in total. The molecule has 1 atom stereocenters. The first-order chi connectivity index (χ1) is 8.72. The fourth-order valence-corrected chi connectivity index (χ4v) is 1.82. The van der Waals surface area contributed by atoms with Crippen molar-refractivity contribution in [2.45, 2.75) is 26.0 Å². The summed E-state index contributed by atoms with van der Waals surface area (Å²) in [5.41, 5.74) is 1.26. The second-order valence-corrected chi connectivity index (χ2v) is 4.30. The topological polar surface area (TPSA) is 45.1 Å². The molecule has 0 fully saturated rings. The highest BCUT2D eigenvalue weighted by atomic mass is 19.1. The molecule has 0 aliphatic carbocycles. The molecule has 2 aromatic rings. The van der Waals surface area contributed by atoms with Crippen LogP contribution in [-0.2, 0) is 6.54 Å². The van der Waals surface area contributed by atoms with Crippen LogP contribution in [0.3, 0.4) is 0 Å². The van der Waals surface area contributed by atoms with E-state index in [9.17, 15) is 9.50 Å². The van der Waals surface area contributed by atoms with Crippen LogP contribution in [0, 0.1) is 5.82 Å². The van der Waals surface area contributed by atoms with Gasteiger partial charge < -0.3 is 10.4 Å². The fourth-order valence-electron chi connectivity index (χ4n) is 1.82. The van der Waals surface area contributed by atoms with Crippen molar-refractivity contribution in [3.8, 4) is 0 Å². The molecule has 18 heavy (non-hydrogen) atoms. The van der Waals surface area contributed by atoms with Gasteiger partial charge in [-0.1, -0.05) is 13.0 Å². The second kappa shape index (κ2) is 5.89. The summed E-state index contributed by atoms with van der Waals surface area (Å²) in [6, 6.07) is 6.99. The first kappa shape index (κ1) is 12.9. The minimum Gasteiger partial charge on any atom is -0.392 e. The number of rotatable bonds is 5. The van der Waals surface area contributed by atoms with Crippen LogP contribution >= 0.6 is 0 Å². The molecule has 1 heterocycles. The lowest BCUT2D eigenvalue weighted by atomic mass is 10.1. The molecular weight excluding hydrogens is 231 g/mol. The third-order valence-electron chi connectivity index (χ3n) is 2.97. The molecule has 96 valence electrons. The highest BCUT2D eigenvalue weighted by Gasteiger charge is 2.08. The zero-order chi connectivity index (χ0) is 13.0. The molecule has 0 saturated carbocycles. The van der Waals surface area contributed by atoms with Crippen molar-refractivity contribution in [2.75, 3.05) is 6.54 Å². The van der Waals surface area contributed by atoms with Gasteiger partial charge in [0.05, 0.1) is 11.6 Å². The van der Waals surface area contributed by atoms with Crippen LogP contribution < -0.4 is 5.32 Å². The van der Waals surface area contributed by atoms with E-state index in [2.05, 4.69) is 10.3 Å². The lowest BCUT2D eigenvalue weighted by molar-refractivity contribution is 0.167. The number of hydrogen-bond donors (Lipinski definition) is 2. The van der Waals surface area contributed by atoms with Gasteiger partial charge in [0.15, 0.2) is 0 Å². The average molecular weight is 248 g/mol. The van der Waals surface area contributed by atoms with Crippen LogP contribution in [0.15, 0.2) is 30.5 Å². The summed E-state index contributed by atoms with van der Waals surface area (Å²) < 4.78 is 14.1. The summed E-state index contributed by atoms with van der Waals surface area (Å²) in [6.45, 7) is 2.80. The van der Waals surface area contributed by atoms with E-state index in [-0.39, 0.29) is 11.9 Å². The van der Waals surface area contributed by atoms with Crippen LogP contribution in [0.25, 0.3) is 10.9 Å². The first-order valence-corrected chi connectivity index (χ1v) is 6.13. The third kappa shape index (κ3) is 2.83. The molecule has 3 nitrogen and oxygen atoms in total. The van der Waals surface area contributed by atoms with E-state index in [1.807, 2.05) is 13.0 Å². The number of aliphatic hydroxyl groups excluding tert-OH is 1. The van der Waals surface area contributed by atoms with Crippen LogP contribution in [-0.4, -0.2) is 22.7 Å². The zero-order valence-electron chi connectivity index (χ0n) is 10.4. The van der Waals surface area contributed by atoms with Crippen molar-refractivity contribution >= 4 is 10.9 Å². The molecule has 0 amide bonds. The predicted octanol–water partition coefficient (Wildman–Crippen LogP) is 2.23. The number of nitrogens with zero attached hydrogens (tertiary/aromatic N) is 1. The number of aliphatic hydroxyl groups is 1. The van der Waals surface area contributed by atoms with Gasteiger partial charge in [-0.2, -0.15) is 0 Å². The number of fused-ring (bicyclic) bond motifs is 1. The van der Waals surface area contributed by atoms with E-state index >= 15 is 0 Å². The normalized spacial score (nSPS) is 12.8. The number of benzene rings is 1. The summed E-state index contributed by atoms with van der Waals surface area (Å²) in [6.07, 6.45) is 1.96. The number of hydrogen-bond acceptors (Lipinski definition) is 3. The van der Waals surface area contributed by atoms with E-state index < -0.39 is 0 Å². The Bertz CT molecular complexity index is 530. The maximum atomic E-state index is 14.1. The molecule has 0 aliphatic rings. The van der Waals surface area contributed by atoms with Gasteiger partial charge >= 0.3 is 0 Å². The van der Waals surface area contributed by atoms with Crippen LogP contribution in [0.1, 0.15) is 18.9 Å². The Morgan fingerprint density at radius 3 is 3.00 bits per heavy atom. The Hall–Kier alpha value is -1.52. The molecule has 0 spiro atoms. The smallest absolute Gasteiger partial charge is 0.137 e. The maximum absolute atomic E-state index is 14.1. The summed E-state index contributed by atoms with van der Waals surface area (Å²) in [7, 11) is 0. The molecule has 0 radical (unpaired) electrons. The van der Waals surface area contributed by atoms with Crippen molar-refractivity contribution in [1.82, 2.24) is 10.3 Å². The van der Waals surface area contributed by atoms with Crippen LogP contribution in [0.2, 0.25) is 0 Å². The molecule has 1 aromatic heterocycles. The maximum Gasteiger partial charge on any atom is 0.137 e. The second-order valence-electron chi connectivity index (χ2n) is 4.30. The van der Waals surface area contributed by atoms with Gasteiger partial charge in [-0.25, -0.2) is 4.39 Å². The Balaban J connectivity index is 2.12. The van der Waals surface area contributed by atoms with Gasteiger partial charge in [0.2, 0.25) is 0 Å². The minimum atomic E-state index is -0.379. The Labute approximate surface area is 106 Å². The van der Waals surface area contributed by atoms with Gasteiger partial charge in [0.25, 0.3) is 0 Å². The van der Waals surface area contributed by atoms with E-state index in [0.717, 1.165) is 0 Å². The predicted molar refractivity (Wildman–Crippen MR) is 69.7 cm³/mol. The van der Waals surface area contributed by atoms with Crippen molar-refractivity contribution < 1.29 is 9.50 Å². The Morgan fingerprint density at radius 2 is 2.22 bits per heavy atom. The largest absolute Gasteiger partial charge is 0.392 e. The minimum absolute atomic E-state index is 0.237. The van der Waals surface area contributed by atoms with E-state index in [1.165, 1.54) is 0 Å². The quantitative estimate of drug-likeness (QED) is 0.853. The summed E-state index contributed by atoms with van der Waals surface area (Å²) in [5.74, 6) is -0.237. The molecule has 2 rings (SSSR count). The van der Waals surface area contributed by atoms with Gasteiger partial charge in [0, 0.05) is 30.2 Å². The first-order valence-electron chi connectivity index (χ1n) is 6.13. The molecule has 0 aliphatic heterocycles. The molecule has 1 aromatic carbocycles. The molecule has 0 unspecified atom stereocenters. The molecule has 0 bridgehead atoms. The van der Waals surface area contributed by atoms with E-state index in [0.29, 0.717) is 36.0 Å². The number of nitrogens with one attached hydrogen (secondary N) is 1. The van der Waals surface area contributed by atoms with Crippen molar-refractivity contribution in [3.05, 3.63) is 41.8 Å². The number of aromatic nitrogens is 1. The van der Waals surface area contributed by atoms with Gasteiger partial charge in [-0.05, 0) is 24.6 Å². The lowest BCUT2D eigenvalue weighted by Crippen LogP contribution is -2.26. The fraction of sp³-hybridized carbons (Fsp3) is 0.357. The Kier molecular flexibility index (Phi) is 4.23. The summed E-state index contributed by atoms with van der Waals surface area (Å²) >= 11 is 0. The number of pyridine rings is 1. The standard InChI is InChI=1S/C14H17FN2O/c1-2-11(18)9-16-8-10-5-6-13-12(14(10)15)4-3-7-17-13/h3-7,11,16,18H,2,8-9H2,1H3/t11-/m1/s1. The highest BCUT2D eigenvalue weighted by molar-refractivity contribution is 5.79. The molecule has 0 saturated heterocycles. The monoisotopic (exact) mass is 248 g/mol. The van der Waals surface area contributed by atoms with Crippen molar-refractivity contribution in [1.29, 1.82) is 0 Å².